The summed E-state index contributed by atoms with van der Waals surface area (Å²) in [4.78, 5) is 30.9. The summed E-state index contributed by atoms with van der Waals surface area (Å²) in [5, 5.41) is 16.2. The van der Waals surface area contributed by atoms with Crippen molar-refractivity contribution in [3.8, 4) is 5.75 Å². The highest BCUT2D eigenvalue weighted by Crippen LogP contribution is 2.46. The van der Waals surface area contributed by atoms with Gasteiger partial charge in [0, 0.05) is 69.4 Å². The maximum absolute atomic E-state index is 13.4. The van der Waals surface area contributed by atoms with Crippen LogP contribution in [0.4, 0.5) is 17.1 Å². The number of nitrogen functional groups attached to an aromatic ring is 1. The van der Waals surface area contributed by atoms with Crippen molar-refractivity contribution >= 4 is 68.2 Å². The van der Waals surface area contributed by atoms with Gasteiger partial charge in [-0.1, -0.05) is 18.2 Å². The van der Waals surface area contributed by atoms with Crippen molar-refractivity contribution in [3.63, 3.8) is 0 Å². The van der Waals surface area contributed by atoms with Gasteiger partial charge >= 0.3 is 0 Å². The Labute approximate surface area is 235 Å². The van der Waals surface area contributed by atoms with E-state index in [0.29, 0.717) is 35.1 Å². The van der Waals surface area contributed by atoms with E-state index in [0.717, 1.165) is 38.5 Å². The van der Waals surface area contributed by atoms with Crippen molar-refractivity contribution in [3.05, 3.63) is 101 Å². The number of halogens is 1. The molecule has 2 amide bonds. The molecule has 5 aromatic rings. The Hall–Kier alpha value is -4.75. The first-order valence-electron chi connectivity index (χ1n) is 12.9. The van der Waals surface area contributed by atoms with Crippen LogP contribution in [0.1, 0.15) is 33.1 Å². The number of H-pyrrole nitrogens is 1. The van der Waals surface area contributed by atoms with Gasteiger partial charge in [0.15, 0.2) is 0 Å². The van der Waals surface area contributed by atoms with Crippen LogP contribution in [0.25, 0.3) is 27.8 Å². The Morgan fingerprint density at radius 1 is 1.12 bits per heavy atom. The average Bonchev–Trinajstić information content (AvgIpc) is 3.53. The highest BCUT2D eigenvalue weighted by Gasteiger charge is 2.34. The molecule has 1 atom stereocenters. The molecule has 0 unspecified atom stereocenters. The van der Waals surface area contributed by atoms with Crippen LogP contribution in [0.2, 0.25) is 0 Å². The van der Waals surface area contributed by atoms with Gasteiger partial charge in [-0.15, -0.1) is 11.6 Å². The van der Waals surface area contributed by atoms with Gasteiger partial charge in [-0.3, -0.25) is 9.59 Å². The highest BCUT2D eigenvalue weighted by molar-refractivity contribution is 6.19. The molecule has 5 N–H and O–H groups in total. The lowest BCUT2D eigenvalue weighted by molar-refractivity contribution is -0.114. The molecular formula is C32H27ClN4O3. The number of aromatic nitrogens is 1. The Kier molecular flexibility index (Phi) is 6.44. The van der Waals surface area contributed by atoms with E-state index in [2.05, 4.69) is 10.3 Å². The first-order chi connectivity index (χ1) is 19.3. The minimum atomic E-state index is -0.226. The summed E-state index contributed by atoms with van der Waals surface area (Å²) in [6.07, 6.45) is 3.25. The predicted octanol–water partition coefficient (Wildman–Crippen LogP) is 6.55. The molecule has 0 bridgehead atoms. The number of carbonyl (C=O) groups is 2. The molecule has 2 heterocycles. The molecule has 0 aliphatic carbocycles. The van der Waals surface area contributed by atoms with Gasteiger partial charge in [0.1, 0.15) is 5.75 Å². The van der Waals surface area contributed by atoms with E-state index in [9.17, 15) is 14.7 Å². The molecule has 0 radical (unpaired) electrons. The normalized spacial score (nSPS) is 14.8. The number of amides is 2. The van der Waals surface area contributed by atoms with E-state index in [1.54, 1.807) is 41.3 Å². The number of benzene rings is 4. The molecule has 40 heavy (non-hydrogen) atoms. The second-order valence-corrected chi connectivity index (χ2v) is 10.4. The van der Waals surface area contributed by atoms with E-state index in [1.165, 1.54) is 6.08 Å². The van der Waals surface area contributed by atoms with Gasteiger partial charge in [-0.2, -0.15) is 0 Å². The number of phenolic OH excluding ortho intramolecular Hbond substituents is 1. The minimum absolute atomic E-state index is 0.0341. The van der Waals surface area contributed by atoms with Crippen molar-refractivity contribution in [2.45, 2.75) is 12.8 Å². The summed E-state index contributed by atoms with van der Waals surface area (Å²) >= 11 is 6.35. The van der Waals surface area contributed by atoms with E-state index >= 15 is 0 Å². The number of phenols is 1. The third kappa shape index (κ3) is 4.54. The van der Waals surface area contributed by atoms with Crippen molar-refractivity contribution in [2.24, 2.45) is 0 Å². The number of aromatic hydroxyl groups is 1. The molecule has 0 saturated heterocycles. The fraction of sp³-hybridized carbons (Fsp3) is 0.125. The summed E-state index contributed by atoms with van der Waals surface area (Å²) in [5.74, 6) is 0.0538. The number of nitrogens with two attached hydrogens (primary N) is 1. The van der Waals surface area contributed by atoms with Crippen LogP contribution in [0.5, 0.6) is 5.75 Å². The summed E-state index contributed by atoms with van der Waals surface area (Å²) in [6, 6.07) is 21.7. The second-order valence-electron chi connectivity index (χ2n) is 10.1. The highest BCUT2D eigenvalue weighted by atomic mass is 35.5. The van der Waals surface area contributed by atoms with Gasteiger partial charge < -0.3 is 26.0 Å². The van der Waals surface area contributed by atoms with Crippen LogP contribution in [0.15, 0.2) is 78.9 Å². The third-order valence-corrected chi connectivity index (χ3v) is 7.77. The van der Waals surface area contributed by atoms with Gasteiger partial charge in [0.05, 0.1) is 5.69 Å². The molecule has 4 aromatic carbocycles. The number of aryl methyl sites for hydroxylation is 1. The minimum Gasteiger partial charge on any atom is -0.507 e. The molecule has 8 heteroatoms. The van der Waals surface area contributed by atoms with Crippen LogP contribution in [-0.4, -0.2) is 34.3 Å². The smallest absolute Gasteiger partial charge is 0.255 e. The lowest BCUT2D eigenvalue weighted by Crippen LogP contribution is -2.28. The fourth-order valence-corrected chi connectivity index (χ4v) is 5.70. The van der Waals surface area contributed by atoms with Crippen LogP contribution in [0.3, 0.4) is 0 Å². The lowest BCUT2D eigenvalue weighted by Gasteiger charge is -2.17. The maximum Gasteiger partial charge on any atom is 0.255 e. The molecule has 1 aliphatic rings. The van der Waals surface area contributed by atoms with Gasteiger partial charge in [-0.05, 0) is 78.0 Å². The number of fused-ring (bicyclic) bond motifs is 4. The molecule has 0 fully saturated rings. The predicted molar refractivity (Wildman–Crippen MR) is 162 cm³/mol. The number of anilines is 3. The van der Waals surface area contributed by atoms with E-state index in [-0.39, 0.29) is 23.5 Å². The number of alkyl halides is 1. The zero-order valence-corrected chi connectivity index (χ0v) is 22.5. The largest absolute Gasteiger partial charge is 0.507 e. The number of hydrogen-bond donors (Lipinski definition) is 4. The number of rotatable bonds is 5. The average molecular weight is 551 g/mol. The molecule has 1 aliphatic heterocycles. The first-order valence-corrected chi connectivity index (χ1v) is 13.5. The fourth-order valence-electron chi connectivity index (χ4n) is 5.44. The van der Waals surface area contributed by atoms with E-state index < -0.39 is 0 Å². The zero-order chi connectivity index (χ0) is 28.0. The van der Waals surface area contributed by atoms with E-state index in [1.807, 2.05) is 49.4 Å². The lowest BCUT2D eigenvalue weighted by atomic mass is 9.92. The van der Waals surface area contributed by atoms with Crippen LogP contribution >= 0.6 is 11.6 Å². The molecular weight excluding hydrogens is 524 g/mol. The van der Waals surface area contributed by atoms with Crippen LogP contribution in [-0.2, 0) is 4.79 Å². The Bertz CT molecular complexity index is 1820. The van der Waals surface area contributed by atoms with Crippen molar-refractivity contribution in [1.29, 1.82) is 0 Å². The van der Waals surface area contributed by atoms with Gasteiger partial charge in [0.25, 0.3) is 11.8 Å². The SMILES string of the molecule is Cc1cccc2c(O)cc3c(c12)[C@H](CCl)CN3C(=O)/C=C/c1cc2cc(NC(=O)c3ccc(N)cc3)ccc2[nH]1. The van der Waals surface area contributed by atoms with Crippen molar-refractivity contribution in [2.75, 3.05) is 28.4 Å². The first kappa shape index (κ1) is 25.5. The van der Waals surface area contributed by atoms with E-state index in [4.69, 9.17) is 17.3 Å². The molecule has 6 rings (SSSR count). The van der Waals surface area contributed by atoms with Crippen LogP contribution in [0, 0.1) is 6.92 Å². The monoisotopic (exact) mass is 550 g/mol. The van der Waals surface area contributed by atoms with Crippen molar-refractivity contribution in [1.82, 2.24) is 4.98 Å². The molecule has 200 valence electrons. The Balaban J connectivity index is 1.24. The zero-order valence-electron chi connectivity index (χ0n) is 21.7. The second kappa shape index (κ2) is 10.1. The molecule has 7 nitrogen and oxygen atoms in total. The topological polar surface area (TPSA) is 111 Å². The number of nitrogens with zero attached hydrogens (tertiary/aromatic N) is 1. The molecule has 1 aromatic heterocycles. The number of hydrogen-bond acceptors (Lipinski definition) is 4. The van der Waals surface area contributed by atoms with Gasteiger partial charge in [-0.25, -0.2) is 0 Å². The summed E-state index contributed by atoms with van der Waals surface area (Å²) < 4.78 is 0. The van der Waals surface area contributed by atoms with Crippen molar-refractivity contribution < 1.29 is 14.7 Å². The molecule has 0 saturated carbocycles. The quantitative estimate of drug-likeness (QED) is 0.113. The standard InChI is InChI=1S/C32H27ClN4O3/c1-18-3-2-4-25-28(38)15-27-31(30(18)25)21(16-33)17-37(27)29(39)12-10-23-13-20-14-24(9-11-26(20)35-23)36-32(40)19-5-7-22(34)8-6-19/h2-15,21,35,38H,16-17,34H2,1H3,(H,36,40)/b12-10+/t21-/m1/s1. The number of carbonyl (C=O) groups excluding carboxylic acids is 2. The van der Waals surface area contributed by atoms with Gasteiger partial charge in [0.2, 0.25) is 0 Å². The number of aromatic amines is 1. The summed E-state index contributed by atoms with van der Waals surface area (Å²) in [7, 11) is 0. The Morgan fingerprint density at radius 2 is 1.93 bits per heavy atom. The van der Waals surface area contributed by atoms with Crippen LogP contribution < -0.4 is 16.0 Å². The third-order valence-electron chi connectivity index (χ3n) is 7.40. The Morgan fingerprint density at radius 3 is 2.70 bits per heavy atom. The maximum atomic E-state index is 13.4. The summed E-state index contributed by atoms with van der Waals surface area (Å²) in [5.41, 5.74) is 11.8. The molecule has 0 spiro atoms. The summed E-state index contributed by atoms with van der Waals surface area (Å²) in [6.45, 7) is 2.45. The number of nitrogens with one attached hydrogen (secondary N) is 2.